The van der Waals surface area contributed by atoms with E-state index in [1.165, 1.54) is 4.88 Å². The van der Waals surface area contributed by atoms with E-state index < -0.39 is 0 Å². The van der Waals surface area contributed by atoms with Gasteiger partial charge in [0.2, 0.25) is 0 Å². The maximum Gasteiger partial charge on any atom is 0.172 e. The van der Waals surface area contributed by atoms with Gasteiger partial charge in [0.1, 0.15) is 0 Å². The highest BCUT2D eigenvalue weighted by atomic mass is 32.1. The molecule has 1 rings (SSSR count). The van der Waals surface area contributed by atoms with Crippen molar-refractivity contribution in [2.75, 3.05) is 20.8 Å². The smallest absolute Gasteiger partial charge is 0.172 e. The third-order valence-electron chi connectivity index (χ3n) is 2.16. The highest BCUT2D eigenvalue weighted by Crippen LogP contribution is 2.12. The Balaban J connectivity index is 2.56. The van der Waals surface area contributed by atoms with Crippen molar-refractivity contribution in [3.63, 3.8) is 0 Å². The molecule has 86 valence electrons. The molecule has 0 saturated carbocycles. The van der Waals surface area contributed by atoms with Crippen LogP contribution in [0, 0.1) is 0 Å². The SMILES string of the molecule is CCNC(Cc1cncs1)C(OC)OC. The van der Waals surface area contributed by atoms with Crippen LogP contribution in [-0.4, -0.2) is 38.1 Å². The Morgan fingerprint density at radius 2 is 2.20 bits per heavy atom. The van der Waals surface area contributed by atoms with E-state index in [4.69, 9.17) is 9.47 Å². The molecule has 0 fully saturated rings. The summed E-state index contributed by atoms with van der Waals surface area (Å²) in [6.07, 6.45) is 2.55. The molecule has 0 aromatic carbocycles. The predicted molar refractivity (Wildman–Crippen MR) is 61.1 cm³/mol. The van der Waals surface area contributed by atoms with Crippen molar-refractivity contribution in [3.8, 4) is 0 Å². The zero-order valence-corrected chi connectivity index (χ0v) is 10.2. The summed E-state index contributed by atoms with van der Waals surface area (Å²) < 4.78 is 10.5. The van der Waals surface area contributed by atoms with Crippen LogP contribution in [0.25, 0.3) is 0 Å². The third-order valence-corrected chi connectivity index (χ3v) is 2.97. The van der Waals surface area contributed by atoms with E-state index in [9.17, 15) is 0 Å². The second kappa shape index (κ2) is 6.90. The van der Waals surface area contributed by atoms with E-state index in [1.807, 2.05) is 11.7 Å². The van der Waals surface area contributed by atoms with Crippen LogP contribution in [0.4, 0.5) is 0 Å². The normalized spacial score (nSPS) is 13.3. The molecule has 0 bridgehead atoms. The van der Waals surface area contributed by atoms with Crippen LogP contribution >= 0.6 is 11.3 Å². The van der Waals surface area contributed by atoms with Crippen LogP contribution in [0.15, 0.2) is 11.7 Å². The summed E-state index contributed by atoms with van der Waals surface area (Å²) in [5.41, 5.74) is 1.84. The Hall–Kier alpha value is -0.490. The predicted octanol–water partition coefficient (Wildman–Crippen LogP) is 1.28. The van der Waals surface area contributed by atoms with Crippen molar-refractivity contribution in [3.05, 3.63) is 16.6 Å². The lowest BCUT2D eigenvalue weighted by molar-refractivity contribution is -0.122. The molecule has 4 nitrogen and oxygen atoms in total. The molecule has 0 saturated heterocycles. The summed E-state index contributed by atoms with van der Waals surface area (Å²) in [5.74, 6) is 0. The van der Waals surface area contributed by atoms with Crippen molar-refractivity contribution in [2.24, 2.45) is 0 Å². The number of rotatable bonds is 7. The number of ether oxygens (including phenoxy) is 2. The standard InChI is InChI=1S/C10H18N2O2S/c1-4-12-9(10(13-2)14-3)5-8-6-11-7-15-8/h6-7,9-10,12H,4-5H2,1-3H3. The first kappa shape index (κ1) is 12.6. The van der Waals surface area contributed by atoms with Gasteiger partial charge >= 0.3 is 0 Å². The van der Waals surface area contributed by atoms with Crippen LogP contribution < -0.4 is 5.32 Å². The highest BCUT2D eigenvalue weighted by molar-refractivity contribution is 7.09. The molecule has 1 unspecified atom stereocenters. The molecule has 1 aromatic rings. The first-order valence-corrected chi connectivity index (χ1v) is 5.86. The Morgan fingerprint density at radius 3 is 2.67 bits per heavy atom. The lowest BCUT2D eigenvalue weighted by Gasteiger charge is -2.24. The Bertz CT molecular complexity index is 250. The monoisotopic (exact) mass is 230 g/mol. The van der Waals surface area contributed by atoms with Crippen molar-refractivity contribution in [2.45, 2.75) is 25.7 Å². The minimum atomic E-state index is -0.216. The average Bonchev–Trinajstić information content (AvgIpc) is 2.72. The number of nitrogens with zero attached hydrogens (tertiary/aromatic N) is 1. The molecule has 5 heteroatoms. The third kappa shape index (κ3) is 3.87. The van der Waals surface area contributed by atoms with E-state index in [1.54, 1.807) is 25.6 Å². The maximum atomic E-state index is 5.26. The van der Waals surface area contributed by atoms with Gasteiger partial charge in [0, 0.05) is 31.7 Å². The zero-order chi connectivity index (χ0) is 11.1. The Kier molecular flexibility index (Phi) is 5.78. The fraction of sp³-hybridized carbons (Fsp3) is 0.700. The van der Waals surface area contributed by atoms with Gasteiger partial charge in [0.25, 0.3) is 0 Å². The van der Waals surface area contributed by atoms with Gasteiger partial charge in [-0.05, 0) is 6.54 Å². The first-order valence-electron chi connectivity index (χ1n) is 4.98. The summed E-state index contributed by atoms with van der Waals surface area (Å²) in [6.45, 7) is 2.97. The van der Waals surface area contributed by atoms with E-state index in [-0.39, 0.29) is 12.3 Å². The average molecular weight is 230 g/mol. The van der Waals surface area contributed by atoms with Gasteiger partial charge in [-0.2, -0.15) is 0 Å². The molecule has 1 aromatic heterocycles. The number of likely N-dealkylation sites (N-methyl/N-ethyl adjacent to an activating group) is 1. The van der Waals surface area contributed by atoms with Gasteiger partial charge in [0.05, 0.1) is 11.6 Å². The fourth-order valence-electron chi connectivity index (χ4n) is 1.51. The molecule has 1 heterocycles. The topological polar surface area (TPSA) is 43.4 Å². The molecule has 0 amide bonds. The lowest BCUT2D eigenvalue weighted by atomic mass is 10.2. The summed E-state index contributed by atoms with van der Waals surface area (Å²) in [5, 5.41) is 3.35. The molecular formula is C10H18N2O2S. The molecule has 0 aliphatic carbocycles. The van der Waals surface area contributed by atoms with Crippen LogP contribution in [0.5, 0.6) is 0 Å². The largest absolute Gasteiger partial charge is 0.354 e. The number of methoxy groups -OCH3 is 2. The Morgan fingerprint density at radius 1 is 1.47 bits per heavy atom. The molecule has 0 spiro atoms. The van der Waals surface area contributed by atoms with Crippen LogP contribution in [0.3, 0.4) is 0 Å². The van der Waals surface area contributed by atoms with Crippen LogP contribution in [0.1, 0.15) is 11.8 Å². The minimum Gasteiger partial charge on any atom is -0.354 e. The molecule has 0 radical (unpaired) electrons. The highest BCUT2D eigenvalue weighted by Gasteiger charge is 2.20. The molecular weight excluding hydrogens is 212 g/mol. The van der Waals surface area contributed by atoms with Gasteiger partial charge < -0.3 is 14.8 Å². The van der Waals surface area contributed by atoms with Gasteiger partial charge in [0.15, 0.2) is 6.29 Å². The van der Waals surface area contributed by atoms with Crippen LogP contribution in [-0.2, 0) is 15.9 Å². The van der Waals surface area contributed by atoms with Crippen molar-refractivity contribution >= 4 is 11.3 Å². The quantitative estimate of drug-likeness (QED) is 0.717. The summed E-state index contributed by atoms with van der Waals surface area (Å²) >= 11 is 1.65. The second-order valence-corrected chi connectivity index (χ2v) is 4.15. The molecule has 0 aliphatic heterocycles. The molecule has 15 heavy (non-hydrogen) atoms. The van der Waals surface area contributed by atoms with Crippen molar-refractivity contribution in [1.82, 2.24) is 10.3 Å². The molecule has 0 aliphatic rings. The van der Waals surface area contributed by atoms with Gasteiger partial charge in [-0.3, -0.25) is 4.98 Å². The number of aromatic nitrogens is 1. The summed E-state index contributed by atoms with van der Waals surface area (Å²) in [6, 6.07) is 0.172. The van der Waals surface area contributed by atoms with E-state index in [0.29, 0.717) is 0 Å². The zero-order valence-electron chi connectivity index (χ0n) is 9.40. The van der Waals surface area contributed by atoms with Crippen LogP contribution in [0.2, 0.25) is 0 Å². The van der Waals surface area contributed by atoms with Crippen molar-refractivity contribution in [1.29, 1.82) is 0 Å². The van der Waals surface area contributed by atoms with E-state index in [2.05, 4.69) is 17.2 Å². The summed E-state index contributed by atoms with van der Waals surface area (Å²) in [4.78, 5) is 5.29. The van der Waals surface area contributed by atoms with E-state index in [0.717, 1.165) is 13.0 Å². The fourth-order valence-corrected chi connectivity index (χ4v) is 2.17. The summed E-state index contributed by atoms with van der Waals surface area (Å²) in [7, 11) is 3.32. The van der Waals surface area contributed by atoms with Gasteiger partial charge in [-0.15, -0.1) is 11.3 Å². The Labute approximate surface area is 94.6 Å². The van der Waals surface area contributed by atoms with E-state index >= 15 is 0 Å². The lowest BCUT2D eigenvalue weighted by Crippen LogP contribution is -2.43. The number of hydrogen-bond donors (Lipinski definition) is 1. The second-order valence-electron chi connectivity index (χ2n) is 3.18. The number of thiazole rings is 1. The first-order chi connectivity index (χ1) is 7.31. The number of hydrogen-bond acceptors (Lipinski definition) is 5. The molecule has 1 atom stereocenters. The van der Waals surface area contributed by atoms with Gasteiger partial charge in [-0.25, -0.2) is 0 Å². The molecule has 1 N–H and O–H groups in total. The number of nitrogens with one attached hydrogen (secondary N) is 1. The van der Waals surface area contributed by atoms with Crippen molar-refractivity contribution < 1.29 is 9.47 Å². The minimum absolute atomic E-state index is 0.172. The van der Waals surface area contributed by atoms with Gasteiger partial charge in [-0.1, -0.05) is 6.92 Å². The maximum absolute atomic E-state index is 5.26.